The summed E-state index contributed by atoms with van der Waals surface area (Å²) in [6, 6.07) is 4.09. The number of amides is 4. The van der Waals surface area contributed by atoms with Crippen LogP contribution in [0.5, 0.6) is 0 Å². The third kappa shape index (κ3) is 3.05. The third-order valence-corrected chi connectivity index (χ3v) is 6.69. The number of fused-ring (bicyclic) bond motifs is 1. The van der Waals surface area contributed by atoms with E-state index < -0.39 is 40.7 Å². The van der Waals surface area contributed by atoms with Gasteiger partial charge in [0.15, 0.2) is 0 Å². The van der Waals surface area contributed by atoms with Crippen LogP contribution >= 0.6 is 0 Å². The quantitative estimate of drug-likeness (QED) is 0.559. The van der Waals surface area contributed by atoms with Crippen LogP contribution in [-0.2, 0) is 16.1 Å². The fourth-order valence-corrected chi connectivity index (χ4v) is 4.38. The van der Waals surface area contributed by atoms with Gasteiger partial charge in [-0.3, -0.25) is 34.3 Å². The molecule has 0 saturated carbocycles. The normalized spacial score (nSPS) is 24.0. The molecule has 4 amide bonds. The van der Waals surface area contributed by atoms with Gasteiger partial charge in [-0.2, -0.15) is 0 Å². The van der Waals surface area contributed by atoms with E-state index in [4.69, 9.17) is 5.73 Å². The zero-order valence-electron chi connectivity index (χ0n) is 17.1. The number of likely N-dealkylation sites (tertiary alicyclic amines) is 1. The Morgan fingerprint density at radius 2 is 1.90 bits per heavy atom. The molecule has 160 valence electrons. The second-order valence-electron chi connectivity index (χ2n) is 9.05. The lowest BCUT2D eigenvalue weighted by Gasteiger charge is -2.54. The van der Waals surface area contributed by atoms with Crippen molar-refractivity contribution in [1.29, 1.82) is 0 Å². The summed E-state index contributed by atoms with van der Waals surface area (Å²) in [5.74, 6) is -2.06. The van der Waals surface area contributed by atoms with Crippen molar-refractivity contribution in [2.75, 3.05) is 19.6 Å². The number of piperidine rings is 1. The van der Waals surface area contributed by atoms with Crippen LogP contribution < -0.4 is 11.1 Å². The highest BCUT2D eigenvalue weighted by atomic mass is 16.3. The van der Waals surface area contributed by atoms with E-state index in [0.717, 1.165) is 4.90 Å². The predicted octanol–water partition coefficient (Wildman–Crippen LogP) is -0.381. The first kappa shape index (κ1) is 20.6. The number of hydrogen-bond acceptors (Lipinski definition) is 7. The first-order valence-electron chi connectivity index (χ1n) is 10.1. The topological polar surface area (TPSA) is 133 Å². The molecule has 9 heteroatoms. The summed E-state index contributed by atoms with van der Waals surface area (Å²) in [7, 11) is 0. The average Bonchev–Trinajstić information content (AvgIpc) is 2.92. The lowest BCUT2D eigenvalue weighted by Crippen LogP contribution is -2.69. The molecule has 0 bridgehead atoms. The predicted molar refractivity (Wildman–Crippen MR) is 106 cm³/mol. The van der Waals surface area contributed by atoms with Gasteiger partial charge >= 0.3 is 0 Å². The molecule has 2 saturated heterocycles. The molecule has 3 aliphatic rings. The van der Waals surface area contributed by atoms with Crippen molar-refractivity contribution in [1.82, 2.24) is 15.1 Å². The summed E-state index contributed by atoms with van der Waals surface area (Å²) < 4.78 is 0. The van der Waals surface area contributed by atoms with Crippen LogP contribution in [0.15, 0.2) is 18.2 Å². The smallest absolute Gasteiger partial charge is 0.262 e. The number of nitrogens with two attached hydrogens (primary N) is 1. The molecule has 0 spiro atoms. The fourth-order valence-electron chi connectivity index (χ4n) is 4.38. The summed E-state index contributed by atoms with van der Waals surface area (Å²) in [5.41, 5.74) is 5.69. The Morgan fingerprint density at radius 1 is 1.20 bits per heavy atom. The fraction of sp³-hybridized carbons (Fsp3) is 0.524. The number of imide groups is 2. The summed E-state index contributed by atoms with van der Waals surface area (Å²) in [5, 5.41) is 13.0. The van der Waals surface area contributed by atoms with Gasteiger partial charge in [0, 0.05) is 38.0 Å². The minimum Gasteiger partial charge on any atom is -0.387 e. The average molecular weight is 414 g/mol. The van der Waals surface area contributed by atoms with E-state index >= 15 is 0 Å². The van der Waals surface area contributed by atoms with Gasteiger partial charge in [0.1, 0.15) is 6.04 Å². The minimum absolute atomic E-state index is 0.0833. The minimum atomic E-state index is -0.984. The molecule has 0 aliphatic carbocycles. The number of benzene rings is 1. The van der Waals surface area contributed by atoms with E-state index in [1.807, 2.05) is 18.7 Å². The first-order chi connectivity index (χ1) is 14.1. The molecular formula is C21H26N4O5. The van der Waals surface area contributed by atoms with Crippen molar-refractivity contribution in [2.45, 2.75) is 44.9 Å². The molecule has 9 nitrogen and oxygen atoms in total. The van der Waals surface area contributed by atoms with Gasteiger partial charge < -0.3 is 10.8 Å². The Labute approximate surface area is 174 Å². The van der Waals surface area contributed by atoms with E-state index in [9.17, 15) is 24.3 Å². The Bertz CT molecular complexity index is 951. The molecule has 3 heterocycles. The number of hydrogen-bond donors (Lipinski definition) is 3. The lowest BCUT2D eigenvalue weighted by atomic mass is 9.70. The van der Waals surface area contributed by atoms with Gasteiger partial charge in [0.25, 0.3) is 11.8 Å². The Balaban J connectivity index is 1.55. The highest BCUT2D eigenvalue weighted by Gasteiger charge is 2.52. The Morgan fingerprint density at radius 3 is 2.53 bits per heavy atom. The molecule has 0 radical (unpaired) electrons. The second kappa shape index (κ2) is 6.97. The van der Waals surface area contributed by atoms with E-state index in [1.165, 1.54) is 0 Å². The number of rotatable bonds is 5. The van der Waals surface area contributed by atoms with E-state index in [1.54, 1.807) is 18.2 Å². The SMILES string of the molecule is CC(C)(CN)C1(O)CN(Cc2cccc3c2C(=O)N(C2CCC(=O)NC2=O)C3=O)C1. The van der Waals surface area contributed by atoms with E-state index in [2.05, 4.69) is 5.32 Å². The maximum atomic E-state index is 13.1. The summed E-state index contributed by atoms with van der Waals surface area (Å²) in [4.78, 5) is 52.6. The Hall–Kier alpha value is -2.62. The molecule has 0 aromatic heterocycles. The first-order valence-corrected chi connectivity index (χ1v) is 10.1. The zero-order valence-corrected chi connectivity index (χ0v) is 17.1. The van der Waals surface area contributed by atoms with E-state index in [0.29, 0.717) is 37.3 Å². The number of aliphatic hydroxyl groups is 1. The Kier molecular flexibility index (Phi) is 4.80. The van der Waals surface area contributed by atoms with Crippen LogP contribution in [0.2, 0.25) is 0 Å². The molecular weight excluding hydrogens is 388 g/mol. The molecule has 2 fully saturated rings. The molecule has 30 heavy (non-hydrogen) atoms. The lowest BCUT2D eigenvalue weighted by molar-refractivity contribution is -0.168. The largest absolute Gasteiger partial charge is 0.387 e. The van der Waals surface area contributed by atoms with Gasteiger partial charge in [-0.15, -0.1) is 0 Å². The standard InChI is InChI=1S/C21H26N4O5/c1-20(2,9-22)21(30)10-24(11-21)8-12-4-3-5-13-16(12)19(29)25(18(13)28)14-6-7-15(26)23-17(14)27/h3-5,14,30H,6-11,22H2,1-2H3,(H,23,26,27). The molecule has 4 N–H and O–H groups in total. The van der Waals surface area contributed by atoms with Gasteiger partial charge in [-0.1, -0.05) is 26.0 Å². The van der Waals surface area contributed by atoms with Crippen molar-refractivity contribution < 1.29 is 24.3 Å². The van der Waals surface area contributed by atoms with Crippen molar-refractivity contribution in [3.63, 3.8) is 0 Å². The van der Waals surface area contributed by atoms with Gasteiger partial charge in [0.2, 0.25) is 11.8 Å². The van der Waals surface area contributed by atoms with Crippen LogP contribution in [0, 0.1) is 5.41 Å². The number of carbonyl (C=O) groups excluding carboxylic acids is 4. The van der Waals surface area contributed by atoms with Crippen LogP contribution in [0.25, 0.3) is 0 Å². The molecule has 1 atom stereocenters. The maximum absolute atomic E-state index is 13.1. The summed E-state index contributed by atoms with van der Waals surface area (Å²) >= 11 is 0. The highest BCUT2D eigenvalue weighted by Crippen LogP contribution is 2.39. The van der Waals surface area contributed by atoms with Gasteiger partial charge in [0.05, 0.1) is 16.7 Å². The van der Waals surface area contributed by atoms with Crippen molar-refractivity contribution in [3.05, 3.63) is 34.9 Å². The summed E-state index contributed by atoms with van der Waals surface area (Å²) in [6.07, 6.45) is 0.207. The third-order valence-electron chi connectivity index (χ3n) is 6.69. The monoisotopic (exact) mass is 414 g/mol. The second-order valence-corrected chi connectivity index (χ2v) is 9.05. The summed E-state index contributed by atoms with van der Waals surface area (Å²) in [6.45, 7) is 5.43. The number of β-amino-alcohol motifs (C(OH)–C–C–N with tert-alkyl or cyclic N) is 1. The maximum Gasteiger partial charge on any atom is 0.262 e. The molecule has 3 aliphatic heterocycles. The van der Waals surface area contributed by atoms with Crippen molar-refractivity contribution in [2.24, 2.45) is 11.1 Å². The molecule has 1 aromatic rings. The van der Waals surface area contributed by atoms with Crippen LogP contribution in [0.3, 0.4) is 0 Å². The molecule has 1 aromatic carbocycles. The number of nitrogens with one attached hydrogen (secondary N) is 1. The van der Waals surface area contributed by atoms with Crippen molar-refractivity contribution in [3.8, 4) is 0 Å². The van der Waals surface area contributed by atoms with Crippen LogP contribution in [-0.4, -0.2) is 69.8 Å². The van der Waals surface area contributed by atoms with Gasteiger partial charge in [-0.25, -0.2) is 0 Å². The highest BCUT2D eigenvalue weighted by molar-refractivity contribution is 6.24. The zero-order chi connectivity index (χ0) is 21.8. The number of nitrogens with zero attached hydrogens (tertiary/aromatic N) is 2. The number of carbonyl (C=O) groups is 4. The van der Waals surface area contributed by atoms with Gasteiger partial charge in [-0.05, 0) is 18.1 Å². The van der Waals surface area contributed by atoms with Crippen molar-refractivity contribution >= 4 is 23.6 Å². The van der Waals surface area contributed by atoms with Crippen LogP contribution in [0.1, 0.15) is 53.0 Å². The molecule has 4 rings (SSSR count). The van der Waals surface area contributed by atoms with Crippen LogP contribution in [0.4, 0.5) is 0 Å². The van der Waals surface area contributed by atoms with E-state index in [-0.39, 0.29) is 18.4 Å². The molecule has 1 unspecified atom stereocenters.